The van der Waals surface area contributed by atoms with Gasteiger partial charge in [0.1, 0.15) is 5.82 Å². The Kier molecular flexibility index (Phi) is 8.39. The van der Waals surface area contributed by atoms with E-state index in [1.54, 1.807) is 24.3 Å². The summed E-state index contributed by atoms with van der Waals surface area (Å²) in [5.74, 6) is -4.92. The highest BCUT2D eigenvalue weighted by molar-refractivity contribution is 6.03. The lowest BCUT2D eigenvalue weighted by Gasteiger charge is -2.25. The number of nitrogens with one attached hydrogen (secondary N) is 1. The molecular weight excluding hydrogens is 577 g/mol. The van der Waals surface area contributed by atoms with Crippen molar-refractivity contribution in [1.29, 1.82) is 0 Å². The molecule has 2 aromatic carbocycles. The molecule has 1 aliphatic heterocycles. The van der Waals surface area contributed by atoms with E-state index in [-0.39, 0.29) is 29.2 Å². The van der Waals surface area contributed by atoms with Gasteiger partial charge in [-0.15, -0.1) is 0 Å². The predicted octanol–water partition coefficient (Wildman–Crippen LogP) is 5.06. The van der Waals surface area contributed by atoms with Crippen LogP contribution in [0.25, 0.3) is 11.5 Å². The second-order valence-electron chi connectivity index (χ2n) is 9.66. The number of nitrogens with zero attached hydrogens (tertiary/aromatic N) is 4. The van der Waals surface area contributed by atoms with Crippen LogP contribution in [0, 0.1) is 11.6 Å². The van der Waals surface area contributed by atoms with E-state index in [0.29, 0.717) is 31.9 Å². The first-order valence-corrected chi connectivity index (χ1v) is 13.1. The van der Waals surface area contributed by atoms with Crippen molar-refractivity contribution >= 4 is 23.3 Å². The quantitative estimate of drug-likeness (QED) is 0.297. The Hall–Kier alpha value is -4.85. The number of carbonyl (C=O) groups excluding carboxylic acids is 2. The highest BCUT2D eigenvalue weighted by atomic mass is 19.4. The molecule has 1 unspecified atom stereocenters. The van der Waals surface area contributed by atoms with Crippen molar-refractivity contribution in [3.05, 3.63) is 95.5 Å². The van der Waals surface area contributed by atoms with Gasteiger partial charge in [-0.3, -0.25) is 9.59 Å². The molecule has 0 radical (unpaired) electrons. The van der Waals surface area contributed by atoms with E-state index in [1.165, 1.54) is 29.3 Å². The Bertz CT molecular complexity index is 1610. The first kappa shape index (κ1) is 29.6. The number of halogens is 5. The largest absolute Gasteiger partial charge is 0.437 e. The third-order valence-electron chi connectivity index (χ3n) is 6.75. The number of aliphatic hydroxyl groups excluding tert-OH is 1. The lowest BCUT2D eigenvalue weighted by atomic mass is 10.1. The molecule has 14 heteroatoms. The van der Waals surface area contributed by atoms with Crippen LogP contribution >= 0.6 is 0 Å². The lowest BCUT2D eigenvalue weighted by Crippen LogP contribution is -2.38. The van der Waals surface area contributed by atoms with Crippen molar-refractivity contribution in [1.82, 2.24) is 14.9 Å². The second-order valence-corrected chi connectivity index (χ2v) is 9.66. The molecule has 1 aliphatic rings. The van der Waals surface area contributed by atoms with E-state index < -0.39 is 47.2 Å². The standard InChI is InChI=1S/C29H24F5N5O4/c30-20-9-7-18(15-21(20)31)23(40)28(42)39-12-4-11-38(13-14-39)22-10-8-19(16-35-22)36-26(41)24-25(29(32,33)34)37-27(43-24)17-5-2-1-3-6-17/h1-3,5-10,15-16,23,40H,4,11-14H2,(H,36,41). The van der Waals surface area contributed by atoms with Crippen LogP contribution in [0.15, 0.2) is 71.3 Å². The fourth-order valence-electron chi connectivity index (χ4n) is 4.57. The van der Waals surface area contributed by atoms with Crippen LogP contribution < -0.4 is 10.2 Å². The van der Waals surface area contributed by atoms with Gasteiger partial charge in [0.25, 0.3) is 11.8 Å². The van der Waals surface area contributed by atoms with Crippen LogP contribution in [0.2, 0.25) is 0 Å². The molecule has 5 rings (SSSR count). The zero-order valence-corrected chi connectivity index (χ0v) is 22.3. The van der Waals surface area contributed by atoms with E-state index >= 15 is 0 Å². The molecule has 2 N–H and O–H groups in total. The highest BCUT2D eigenvalue weighted by Gasteiger charge is 2.41. The number of anilines is 2. The monoisotopic (exact) mass is 601 g/mol. The number of amides is 2. The Balaban J connectivity index is 1.23. The first-order valence-electron chi connectivity index (χ1n) is 13.1. The molecule has 0 saturated carbocycles. The normalized spacial score (nSPS) is 14.7. The van der Waals surface area contributed by atoms with Gasteiger partial charge in [0.05, 0.1) is 11.9 Å². The molecule has 0 aliphatic carbocycles. The number of alkyl halides is 3. The van der Waals surface area contributed by atoms with Crippen LogP contribution in [0.5, 0.6) is 0 Å². The van der Waals surface area contributed by atoms with Gasteiger partial charge in [-0.05, 0) is 48.4 Å². The van der Waals surface area contributed by atoms with E-state index in [9.17, 15) is 36.6 Å². The molecule has 2 aromatic heterocycles. The molecule has 0 spiro atoms. The zero-order valence-electron chi connectivity index (χ0n) is 22.3. The van der Waals surface area contributed by atoms with Crippen LogP contribution in [0.3, 0.4) is 0 Å². The summed E-state index contributed by atoms with van der Waals surface area (Å²) in [5.41, 5.74) is -1.13. The minimum atomic E-state index is -4.93. The summed E-state index contributed by atoms with van der Waals surface area (Å²) in [4.78, 5) is 36.7. The lowest BCUT2D eigenvalue weighted by molar-refractivity contribution is -0.141. The van der Waals surface area contributed by atoms with Crippen molar-refractivity contribution in [3.63, 3.8) is 0 Å². The number of pyridine rings is 1. The predicted molar refractivity (Wildman–Crippen MR) is 144 cm³/mol. The van der Waals surface area contributed by atoms with E-state index in [4.69, 9.17) is 4.42 Å². The van der Waals surface area contributed by atoms with Crippen molar-refractivity contribution in [2.75, 3.05) is 36.4 Å². The molecule has 4 aromatic rings. The Labute approximate surface area is 241 Å². The van der Waals surface area contributed by atoms with Crippen LogP contribution in [-0.4, -0.2) is 58.0 Å². The van der Waals surface area contributed by atoms with Gasteiger partial charge in [-0.1, -0.05) is 24.3 Å². The van der Waals surface area contributed by atoms with Gasteiger partial charge in [-0.2, -0.15) is 13.2 Å². The van der Waals surface area contributed by atoms with Crippen molar-refractivity contribution < 1.29 is 41.1 Å². The average molecular weight is 602 g/mol. The highest BCUT2D eigenvalue weighted by Crippen LogP contribution is 2.35. The maximum atomic E-state index is 13.6. The number of aromatic nitrogens is 2. The number of hydrogen-bond acceptors (Lipinski definition) is 7. The minimum Gasteiger partial charge on any atom is -0.430 e. The Morgan fingerprint density at radius 2 is 1.72 bits per heavy atom. The third-order valence-corrected chi connectivity index (χ3v) is 6.75. The van der Waals surface area contributed by atoms with Gasteiger partial charge < -0.3 is 24.6 Å². The molecule has 3 heterocycles. The summed E-state index contributed by atoms with van der Waals surface area (Å²) in [7, 11) is 0. The van der Waals surface area contributed by atoms with Crippen molar-refractivity contribution in [3.8, 4) is 11.5 Å². The first-order chi connectivity index (χ1) is 20.5. The van der Waals surface area contributed by atoms with E-state index in [1.807, 2.05) is 4.90 Å². The fourth-order valence-corrected chi connectivity index (χ4v) is 4.57. The topological polar surface area (TPSA) is 112 Å². The summed E-state index contributed by atoms with van der Waals surface area (Å²) in [6, 6.07) is 13.7. The number of rotatable bonds is 6. The molecule has 0 bridgehead atoms. The smallest absolute Gasteiger partial charge is 0.430 e. The molecule has 224 valence electrons. The second kappa shape index (κ2) is 12.2. The Morgan fingerprint density at radius 1 is 0.953 bits per heavy atom. The number of aliphatic hydroxyl groups is 1. The summed E-state index contributed by atoms with van der Waals surface area (Å²) in [5, 5.41) is 12.8. The molecular formula is C29H24F5N5O4. The summed E-state index contributed by atoms with van der Waals surface area (Å²) in [6.07, 6.45) is -4.81. The van der Waals surface area contributed by atoms with Gasteiger partial charge in [0.2, 0.25) is 11.7 Å². The zero-order chi connectivity index (χ0) is 30.7. The van der Waals surface area contributed by atoms with E-state index in [0.717, 1.165) is 18.2 Å². The molecule has 2 amide bonds. The Morgan fingerprint density at radius 3 is 2.40 bits per heavy atom. The van der Waals surface area contributed by atoms with Crippen molar-refractivity contribution in [2.45, 2.75) is 18.7 Å². The van der Waals surface area contributed by atoms with Gasteiger partial charge in [0.15, 0.2) is 23.4 Å². The average Bonchev–Trinajstić information content (AvgIpc) is 3.32. The third kappa shape index (κ3) is 6.64. The molecule has 9 nitrogen and oxygen atoms in total. The van der Waals surface area contributed by atoms with Crippen LogP contribution in [0.4, 0.5) is 33.5 Å². The van der Waals surface area contributed by atoms with Gasteiger partial charge >= 0.3 is 6.18 Å². The van der Waals surface area contributed by atoms with Crippen LogP contribution in [-0.2, 0) is 11.0 Å². The number of hydrogen-bond donors (Lipinski definition) is 2. The molecule has 1 fully saturated rings. The van der Waals surface area contributed by atoms with Gasteiger partial charge in [0, 0.05) is 31.7 Å². The molecule has 1 saturated heterocycles. The van der Waals surface area contributed by atoms with Crippen LogP contribution in [0.1, 0.15) is 34.3 Å². The maximum absolute atomic E-state index is 13.6. The summed E-state index contributed by atoms with van der Waals surface area (Å²) < 4.78 is 72.9. The summed E-state index contributed by atoms with van der Waals surface area (Å²) in [6.45, 7) is 1.31. The number of oxazole rings is 1. The fraction of sp³-hybridized carbons (Fsp3) is 0.241. The SMILES string of the molecule is O=C(Nc1ccc(N2CCCN(C(=O)C(O)c3ccc(F)c(F)c3)CC2)nc1)c1oc(-c2ccccc2)nc1C(F)(F)F. The number of carbonyl (C=O) groups is 2. The van der Waals surface area contributed by atoms with Gasteiger partial charge in [-0.25, -0.2) is 18.7 Å². The van der Waals surface area contributed by atoms with Crippen molar-refractivity contribution in [2.24, 2.45) is 0 Å². The molecule has 1 atom stereocenters. The maximum Gasteiger partial charge on any atom is 0.437 e. The summed E-state index contributed by atoms with van der Waals surface area (Å²) >= 11 is 0. The van der Waals surface area contributed by atoms with E-state index in [2.05, 4.69) is 15.3 Å². The molecule has 43 heavy (non-hydrogen) atoms. The number of benzene rings is 2. The minimum absolute atomic E-state index is 0.0618.